The molecule has 20 heavy (non-hydrogen) atoms. The van der Waals surface area contributed by atoms with Crippen LogP contribution in [-0.4, -0.2) is 27.2 Å². The molecule has 0 amide bonds. The Balaban J connectivity index is 1.96. The Morgan fingerprint density at radius 3 is 3.15 bits per heavy atom. The normalized spacial score (nSPS) is 26.9. The first-order valence-electron chi connectivity index (χ1n) is 6.92. The van der Waals surface area contributed by atoms with Crippen LogP contribution in [-0.2, 0) is 0 Å². The van der Waals surface area contributed by atoms with Gasteiger partial charge in [-0.15, -0.1) is 11.3 Å². The third kappa shape index (κ3) is 2.62. The maximum atomic E-state index is 9.88. The maximum absolute atomic E-state index is 9.88. The quantitative estimate of drug-likeness (QED) is 0.849. The lowest BCUT2D eigenvalue weighted by Crippen LogP contribution is -2.46. The van der Waals surface area contributed by atoms with E-state index in [2.05, 4.69) is 22.2 Å². The van der Waals surface area contributed by atoms with Crippen LogP contribution in [0.1, 0.15) is 32.6 Å². The number of hydrogen-bond acceptors (Lipinski definition) is 5. The van der Waals surface area contributed by atoms with Gasteiger partial charge in [0.15, 0.2) is 0 Å². The minimum absolute atomic E-state index is 0.116. The molecule has 0 saturated heterocycles. The van der Waals surface area contributed by atoms with Gasteiger partial charge in [0, 0.05) is 0 Å². The number of nitrogens with zero attached hydrogens (tertiary/aromatic N) is 2. The van der Waals surface area contributed by atoms with Crippen LogP contribution < -0.4 is 5.32 Å². The fraction of sp³-hybridized carbons (Fsp3) is 0.571. The van der Waals surface area contributed by atoms with Crippen molar-refractivity contribution in [3.63, 3.8) is 0 Å². The van der Waals surface area contributed by atoms with Crippen LogP contribution in [0.4, 0.5) is 5.82 Å². The summed E-state index contributed by atoms with van der Waals surface area (Å²) in [5.41, 5.74) is -0.287. The van der Waals surface area contributed by atoms with Gasteiger partial charge in [0.25, 0.3) is 0 Å². The Hall–Kier alpha value is -0.910. The van der Waals surface area contributed by atoms with E-state index in [1.165, 1.54) is 6.42 Å². The first-order chi connectivity index (χ1) is 9.62. The number of thiophene rings is 1. The molecule has 2 aromatic heterocycles. The van der Waals surface area contributed by atoms with Crippen molar-refractivity contribution in [2.45, 2.75) is 38.1 Å². The molecule has 2 aromatic rings. The van der Waals surface area contributed by atoms with E-state index in [0.29, 0.717) is 5.92 Å². The summed E-state index contributed by atoms with van der Waals surface area (Å²) in [5.74, 6) is 1.35. The van der Waals surface area contributed by atoms with Gasteiger partial charge in [-0.3, -0.25) is 0 Å². The van der Waals surface area contributed by atoms with Crippen molar-refractivity contribution in [3.8, 4) is 0 Å². The highest BCUT2D eigenvalue weighted by molar-refractivity contribution is 7.16. The zero-order chi connectivity index (χ0) is 14.2. The van der Waals surface area contributed by atoms with Gasteiger partial charge in [0.05, 0.1) is 17.5 Å². The topological polar surface area (TPSA) is 58.0 Å². The first kappa shape index (κ1) is 14.0. The minimum atomic E-state index is -0.287. The summed E-state index contributed by atoms with van der Waals surface area (Å²) in [7, 11) is 0. The molecule has 2 atom stereocenters. The predicted octanol–water partition coefficient (Wildman–Crippen LogP) is 3.70. The van der Waals surface area contributed by atoms with Crippen molar-refractivity contribution in [2.24, 2.45) is 5.92 Å². The summed E-state index contributed by atoms with van der Waals surface area (Å²) >= 11 is 7.54. The van der Waals surface area contributed by atoms with Gasteiger partial charge in [-0.1, -0.05) is 19.8 Å². The van der Waals surface area contributed by atoms with Crippen molar-refractivity contribution in [2.75, 3.05) is 11.9 Å². The third-order valence-corrected chi connectivity index (χ3v) is 5.05. The Kier molecular flexibility index (Phi) is 3.84. The zero-order valence-corrected chi connectivity index (χ0v) is 13.0. The van der Waals surface area contributed by atoms with E-state index in [1.807, 2.05) is 11.4 Å². The van der Waals surface area contributed by atoms with Crippen LogP contribution in [0.2, 0.25) is 5.28 Å². The monoisotopic (exact) mass is 311 g/mol. The molecule has 1 fully saturated rings. The minimum Gasteiger partial charge on any atom is -0.394 e. The van der Waals surface area contributed by atoms with Crippen LogP contribution in [0.25, 0.3) is 10.2 Å². The third-order valence-electron chi connectivity index (χ3n) is 4.08. The van der Waals surface area contributed by atoms with Gasteiger partial charge in [-0.25, -0.2) is 9.97 Å². The van der Waals surface area contributed by atoms with Crippen LogP contribution in [0.15, 0.2) is 11.4 Å². The van der Waals surface area contributed by atoms with E-state index in [1.54, 1.807) is 11.3 Å². The van der Waals surface area contributed by atoms with Gasteiger partial charge in [0.1, 0.15) is 10.6 Å². The van der Waals surface area contributed by atoms with Crippen LogP contribution in [0, 0.1) is 5.92 Å². The Morgan fingerprint density at radius 1 is 1.55 bits per heavy atom. The van der Waals surface area contributed by atoms with Crippen molar-refractivity contribution in [3.05, 3.63) is 16.7 Å². The molecule has 1 aliphatic rings. The molecule has 0 aliphatic heterocycles. The van der Waals surface area contributed by atoms with E-state index in [-0.39, 0.29) is 17.4 Å². The molecule has 1 saturated carbocycles. The molecule has 4 nitrogen and oxygen atoms in total. The molecule has 6 heteroatoms. The number of halogens is 1. The molecule has 2 heterocycles. The smallest absolute Gasteiger partial charge is 0.225 e. The predicted molar refractivity (Wildman–Crippen MR) is 83.5 cm³/mol. The summed E-state index contributed by atoms with van der Waals surface area (Å²) in [6.45, 7) is 2.35. The number of aliphatic hydroxyl groups excluding tert-OH is 1. The lowest BCUT2D eigenvalue weighted by Gasteiger charge is -2.39. The average molecular weight is 312 g/mol. The molecule has 108 valence electrons. The Morgan fingerprint density at radius 2 is 2.40 bits per heavy atom. The highest BCUT2D eigenvalue weighted by Gasteiger charge is 2.35. The number of hydrogen-bond donors (Lipinski definition) is 2. The molecule has 2 N–H and O–H groups in total. The van der Waals surface area contributed by atoms with Gasteiger partial charge < -0.3 is 10.4 Å². The lowest BCUT2D eigenvalue weighted by molar-refractivity contribution is 0.149. The second kappa shape index (κ2) is 5.47. The zero-order valence-electron chi connectivity index (χ0n) is 11.4. The Bertz CT molecular complexity index is 617. The fourth-order valence-corrected chi connectivity index (χ4v) is 4.12. The number of nitrogens with one attached hydrogen (secondary N) is 1. The van der Waals surface area contributed by atoms with Crippen LogP contribution in [0.3, 0.4) is 0 Å². The standard InChI is InChI=1S/C14H18ClN3OS/c1-9-3-2-5-14(7-9,8-19)18-11-10-4-6-20-12(10)17-13(15)16-11/h4,6,9,19H,2-3,5,7-8H2,1H3,(H,16,17,18). The second-order valence-electron chi connectivity index (χ2n) is 5.75. The van der Waals surface area contributed by atoms with Gasteiger partial charge in [-0.2, -0.15) is 0 Å². The molecular formula is C14H18ClN3OS. The first-order valence-corrected chi connectivity index (χ1v) is 8.17. The van der Waals surface area contributed by atoms with Crippen molar-refractivity contribution in [1.29, 1.82) is 0 Å². The summed E-state index contributed by atoms with van der Waals surface area (Å²) in [4.78, 5) is 9.43. The van der Waals surface area contributed by atoms with Crippen molar-refractivity contribution >= 4 is 39.0 Å². The summed E-state index contributed by atoms with van der Waals surface area (Å²) in [6.07, 6.45) is 4.26. The molecule has 0 spiro atoms. The SMILES string of the molecule is CC1CCCC(CO)(Nc2nc(Cl)nc3sccc23)C1. The molecule has 0 bridgehead atoms. The van der Waals surface area contributed by atoms with E-state index in [0.717, 1.165) is 35.3 Å². The number of rotatable bonds is 3. The molecule has 0 radical (unpaired) electrons. The summed E-state index contributed by atoms with van der Waals surface area (Å²) in [6, 6.07) is 2.00. The second-order valence-corrected chi connectivity index (χ2v) is 6.98. The highest BCUT2D eigenvalue weighted by Crippen LogP contribution is 2.36. The summed E-state index contributed by atoms with van der Waals surface area (Å²) in [5, 5.41) is 16.6. The largest absolute Gasteiger partial charge is 0.394 e. The average Bonchev–Trinajstić information content (AvgIpc) is 2.87. The van der Waals surface area contributed by atoms with E-state index in [4.69, 9.17) is 11.6 Å². The van der Waals surface area contributed by atoms with E-state index >= 15 is 0 Å². The Labute approximate surface area is 127 Å². The van der Waals surface area contributed by atoms with Gasteiger partial charge in [0.2, 0.25) is 5.28 Å². The maximum Gasteiger partial charge on any atom is 0.225 e. The molecular weight excluding hydrogens is 294 g/mol. The van der Waals surface area contributed by atoms with E-state index in [9.17, 15) is 5.11 Å². The van der Waals surface area contributed by atoms with Gasteiger partial charge >= 0.3 is 0 Å². The van der Waals surface area contributed by atoms with Crippen LogP contribution >= 0.6 is 22.9 Å². The van der Waals surface area contributed by atoms with Gasteiger partial charge in [-0.05, 0) is 41.8 Å². The number of aliphatic hydroxyl groups is 1. The molecule has 3 rings (SSSR count). The highest BCUT2D eigenvalue weighted by atomic mass is 35.5. The number of fused-ring (bicyclic) bond motifs is 1. The number of aromatic nitrogens is 2. The summed E-state index contributed by atoms with van der Waals surface area (Å²) < 4.78 is 0. The molecule has 2 unspecified atom stereocenters. The van der Waals surface area contributed by atoms with Crippen molar-refractivity contribution < 1.29 is 5.11 Å². The van der Waals surface area contributed by atoms with Crippen molar-refractivity contribution in [1.82, 2.24) is 9.97 Å². The molecule has 0 aromatic carbocycles. The number of anilines is 1. The lowest BCUT2D eigenvalue weighted by atomic mass is 9.77. The molecule has 1 aliphatic carbocycles. The fourth-order valence-electron chi connectivity index (χ4n) is 3.13. The van der Waals surface area contributed by atoms with Crippen LogP contribution in [0.5, 0.6) is 0 Å². The van der Waals surface area contributed by atoms with E-state index < -0.39 is 0 Å².